The van der Waals surface area contributed by atoms with Crippen LogP contribution in [-0.4, -0.2) is 34.5 Å². The molecular formula is C30H33BrFN3O2. The SMILES string of the molecule is Cc1c(Br)cc(CN(C(=O)[C@H]2CNCC[C@@H]2c2ccn(C)c(=O)c2)C2CC2)cc1Cc1cccc(F)c1. The molecule has 2 fully saturated rings. The molecule has 1 N–H and O–H groups in total. The Labute approximate surface area is 225 Å². The molecule has 1 saturated carbocycles. The summed E-state index contributed by atoms with van der Waals surface area (Å²) < 4.78 is 16.3. The van der Waals surface area contributed by atoms with Gasteiger partial charge >= 0.3 is 0 Å². The number of hydrogen-bond donors (Lipinski definition) is 1. The number of piperidine rings is 1. The molecule has 2 aliphatic rings. The third kappa shape index (κ3) is 5.88. The minimum absolute atomic E-state index is 0.0252. The molecule has 0 radical (unpaired) electrons. The molecule has 1 saturated heterocycles. The van der Waals surface area contributed by atoms with E-state index in [1.165, 1.54) is 6.07 Å². The first kappa shape index (κ1) is 25.9. The predicted octanol–water partition coefficient (Wildman–Crippen LogP) is 5.07. The smallest absolute Gasteiger partial charge is 0.250 e. The van der Waals surface area contributed by atoms with Crippen LogP contribution in [0, 0.1) is 18.7 Å². The molecule has 0 bridgehead atoms. The summed E-state index contributed by atoms with van der Waals surface area (Å²) in [4.78, 5) is 28.4. The number of carbonyl (C=O) groups is 1. The third-order valence-electron chi connectivity index (χ3n) is 7.77. The molecule has 1 amide bonds. The van der Waals surface area contributed by atoms with Gasteiger partial charge in [0, 0.05) is 42.9 Å². The maximum atomic E-state index is 14.0. The average molecular weight is 567 g/mol. The van der Waals surface area contributed by atoms with Gasteiger partial charge in [0.15, 0.2) is 0 Å². The minimum Gasteiger partial charge on any atom is -0.335 e. The molecule has 5 nitrogen and oxygen atoms in total. The van der Waals surface area contributed by atoms with Crippen LogP contribution in [0.1, 0.15) is 53.0 Å². The fraction of sp³-hybridized carbons (Fsp3) is 0.400. The lowest BCUT2D eigenvalue weighted by Crippen LogP contribution is -2.47. The van der Waals surface area contributed by atoms with E-state index in [-0.39, 0.29) is 35.2 Å². The van der Waals surface area contributed by atoms with Crippen LogP contribution in [0.3, 0.4) is 0 Å². The van der Waals surface area contributed by atoms with Gasteiger partial charge in [-0.1, -0.05) is 34.1 Å². The van der Waals surface area contributed by atoms with Crippen LogP contribution in [0.2, 0.25) is 0 Å². The van der Waals surface area contributed by atoms with Gasteiger partial charge in [0.25, 0.3) is 5.56 Å². The highest BCUT2D eigenvalue weighted by molar-refractivity contribution is 9.10. The summed E-state index contributed by atoms with van der Waals surface area (Å²) in [6, 6.07) is 14.9. The lowest BCUT2D eigenvalue weighted by atomic mass is 9.80. The number of amides is 1. The van der Waals surface area contributed by atoms with E-state index < -0.39 is 0 Å². The summed E-state index contributed by atoms with van der Waals surface area (Å²) in [7, 11) is 1.74. The molecule has 1 aromatic heterocycles. The molecule has 0 unspecified atom stereocenters. The van der Waals surface area contributed by atoms with Gasteiger partial charge in [-0.2, -0.15) is 0 Å². The van der Waals surface area contributed by atoms with Crippen LogP contribution in [0.15, 0.2) is 64.0 Å². The van der Waals surface area contributed by atoms with Gasteiger partial charge in [-0.15, -0.1) is 0 Å². The number of rotatable bonds is 7. The Hall–Kier alpha value is -2.77. The molecule has 1 aliphatic heterocycles. The highest BCUT2D eigenvalue weighted by atomic mass is 79.9. The molecule has 5 rings (SSSR count). The molecule has 2 aromatic carbocycles. The maximum Gasteiger partial charge on any atom is 0.250 e. The Morgan fingerprint density at radius 2 is 1.95 bits per heavy atom. The maximum absolute atomic E-state index is 14.0. The van der Waals surface area contributed by atoms with E-state index in [1.54, 1.807) is 36.0 Å². The van der Waals surface area contributed by atoms with Crippen molar-refractivity contribution in [3.05, 3.63) is 103 Å². The van der Waals surface area contributed by atoms with Gasteiger partial charge in [0.1, 0.15) is 5.82 Å². The number of aryl methyl sites for hydroxylation is 1. The van der Waals surface area contributed by atoms with Crippen molar-refractivity contribution in [1.82, 2.24) is 14.8 Å². The molecular weight excluding hydrogens is 533 g/mol. The van der Waals surface area contributed by atoms with E-state index in [2.05, 4.69) is 45.2 Å². The molecule has 0 spiro atoms. The normalized spacial score (nSPS) is 19.6. The largest absolute Gasteiger partial charge is 0.335 e. The predicted molar refractivity (Wildman–Crippen MR) is 147 cm³/mol. The number of halogens is 2. The second-order valence-corrected chi connectivity index (χ2v) is 11.3. The van der Waals surface area contributed by atoms with Gasteiger partial charge in [-0.05, 0) is 97.2 Å². The minimum atomic E-state index is -0.234. The number of pyridine rings is 1. The van der Waals surface area contributed by atoms with Gasteiger partial charge in [-0.3, -0.25) is 9.59 Å². The van der Waals surface area contributed by atoms with E-state index in [9.17, 15) is 14.0 Å². The second kappa shape index (κ2) is 10.9. The molecule has 2 atom stereocenters. The first-order chi connectivity index (χ1) is 17.8. The van der Waals surface area contributed by atoms with Crippen molar-refractivity contribution in [2.24, 2.45) is 13.0 Å². The standard InChI is InChI=1S/C30H33BrFN3O2/c1-19-23(12-20-4-3-5-24(32)14-20)13-21(15-28(19)31)18-35(25-6-7-25)30(37)27-17-33-10-8-26(27)22-9-11-34(2)29(36)16-22/h3-5,9,11,13-16,25-27,33H,6-8,10,12,17-18H2,1-2H3/t26-,27+/m1/s1. The Bertz CT molecular complexity index is 1370. The van der Waals surface area contributed by atoms with Crippen molar-refractivity contribution < 1.29 is 9.18 Å². The van der Waals surface area contributed by atoms with Gasteiger partial charge < -0.3 is 14.8 Å². The molecule has 194 valence electrons. The van der Waals surface area contributed by atoms with Crippen LogP contribution in [0.5, 0.6) is 0 Å². The highest BCUT2D eigenvalue weighted by Crippen LogP contribution is 2.36. The summed E-state index contributed by atoms with van der Waals surface area (Å²) in [5, 5.41) is 3.41. The van der Waals surface area contributed by atoms with Crippen molar-refractivity contribution in [2.75, 3.05) is 13.1 Å². The number of benzene rings is 2. The molecule has 2 heterocycles. The first-order valence-corrected chi connectivity index (χ1v) is 13.8. The Morgan fingerprint density at radius 1 is 1.14 bits per heavy atom. The molecule has 3 aromatic rings. The fourth-order valence-electron chi connectivity index (χ4n) is 5.43. The van der Waals surface area contributed by atoms with Crippen molar-refractivity contribution in [3.63, 3.8) is 0 Å². The third-order valence-corrected chi connectivity index (χ3v) is 8.60. The zero-order chi connectivity index (χ0) is 26.1. The molecule has 1 aliphatic carbocycles. The summed E-state index contributed by atoms with van der Waals surface area (Å²) in [6.07, 6.45) is 5.29. The van der Waals surface area contributed by atoms with Gasteiger partial charge in [0.05, 0.1) is 5.92 Å². The molecule has 7 heteroatoms. The average Bonchev–Trinajstić information content (AvgIpc) is 3.72. The zero-order valence-corrected chi connectivity index (χ0v) is 22.9. The summed E-state index contributed by atoms with van der Waals surface area (Å²) in [5.74, 6) is -0.258. The van der Waals surface area contributed by atoms with E-state index in [1.807, 2.05) is 12.1 Å². The van der Waals surface area contributed by atoms with Crippen LogP contribution < -0.4 is 10.9 Å². The number of carbonyl (C=O) groups excluding carboxylic acids is 1. The van der Waals surface area contributed by atoms with E-state index in [4.69, 9.17) is 0 Å². The quantitative estimate of drug-likeness (QED) is 0.435. The van der Waals surface area contributed by atoms with Crippen LogP contribution in [0.4, 0.5) is 4.39 Å². The van der Waals surface area contributed by atoms with E-state index in [0.29, 0.717) is 19.5 Å². The topological polar surface area (TPSA) is 54.3 Å². The summed E-state index contributed by atoms with van der Waals surface area (Å²) in [6.45, 7) is 4.05. The molecule has 37 heavy (non-hydrogen) atoms. The van der Waals surface area contributed by atoms with Gasteiger partial charge in [-0.25, -0.2) is 4.39 Å². The van der Waals surface area contributed by atoms with Crippen LogP contribution in [0.25, 0.3) is 0 Å². The number of aromatic nitrogens is 1. The first-order valence-electron chi connectivity index (χ1n) is 13.0. The lowest BCUT2D eigenvalue weighted by Gasteiger charge is -2.36. The number of nitrogens with one attached hydrogen (secondary N) is 1. The van der Waals surface area contributed by atoms with Crippen molar-refractivity contribution >= 4 is 21.8 Å². The van der Waals surface area contributed by atoms with Crippen molar-refractivity contribution in [2.45, 2.75) is 51.1 Å². The van der Waals surface area contributed by atoms with Gasteiger partial charge in [0.2, 0.25) is 5.91 Å². The second-order valence-electron chi connectivity index (χ2n) is 10.5. The van der Waals surface area contributed by atoms with E-state index >= 15 is 0 Å². The van der Waals surface area contributed by atoms with Crippen molar-refractivity contribution in [3.8, 4) is 0 Å². The highest BCUT2D eigenvalue weighted by Gasteiger charge is 2.40. The number of hydrogen-bond acceptors (Lipinski definition) is 3. The zero-order valence-electron chi connectivity index (χ0n) is 21.3. The Balaban J connectivity index is 1.40. The number of nitrogens with zero attached hydrogens (tertiary/aromatic N) is 2. The lowest BCUT2D eigenvalue weighted by molar-refractivity contribution is -0.138. The fourth-order valence-corrected chi connectivity index (χ4v) is 5.98. The monoisotopic (exact) mass is 565 g/mol. The summed E-state index contributed by atoms with van der Waals surface area (Å²) >= 11 is 3.71. The van der Waals surface area contributed by atoms with Crippen molar-refractivity contribution in [1.29, 1.82) is 0 Å². The summed E-state index contributed by atoms with van der Waals surface area (Å²) in [5.41, 5.74) is 5.14. The Morgan fingerprint density at radius 3 is 2.68 bits per heavy atom. The Kier molecular flexibility index (Phi) is 7.63. The van der Waals surface area contributed by atoms with Crippen LogP contribution >= 0.6 is 15.9 Å². The van der Waals surface area contributed by atoms with E-state index in [0.717, 1.165) is 58.1 Å². The van der Waals surface area contributed by atoms with Crippen LogP contribution in [-0.2, 0) is 24.8 Å².